The molecule has 0 aromatic carbocycles. The Morgan fingerprint density at radius 2 is 1.12 bits per heavy atom. The van der Waals surface area contributed by atoms with Gasteiger partial charge in [0.25, 0.3) is 0 Å². The van der Waals surface area contributed by atoms with Crippen LogP contribution in [0.4, 0.5) is 0 Å². The highest BCUT2D eigenvalue weighted by atomic mass is 14.4. The average Bonchev–Trinajstić information content (AvgIpc) is 2.09. The molecule has 0 nitrogen and oxygen atoms in total. The van der Waals surface area contributed by atoms with Crippen LogP contribution in [0.15, 0.2) is 0 Å². The van der Waals surface area contributed by atoms with Crippen LogP contribution in [-0.4, -0.2) is 0 Å². The molecule has 0 amide bonds. The zero-order valence-electron chi connectivity index (χ0n) is 12.4. The molecule has 1 aliphatic rings. The van der Waals surface area contributed by atoms with Crippen LogP contribution >= 0.6 is 0 Å². The molecule has 0 atom stereocenters. The maximum absolute atomic E-state index is 2.45. The van der Waals surface area contributed by atoms with E-state index in [9.17, 15) is 0 Å². The molecule has 0 radical (unpaired) electrons. The second kappa shape index (κ2) is 5.10. The molecule has 0 aromatic heterocycles. The second-order valence-corrected chi connectivity index (χ2v) is 7.86. The third-order valence-corrected chi connectivity index (χ3v) is 4.35. The minimum atomic E-state index is 0.609. The lowest BCUT2D eigenvalue weighted by atomic mass is 9.60. The fraction of sp³-hybridized carbons (Fsp3) is 1.00. The van der Waals surface area contributed by atoms with Crippen molar-refractivity contribution in [2.24, 2.45) is 22.7 Å². The highest BCUT2D eigenvalue weighted by molar-refractivity contribution is 4.90. The molecule has 16 heavy (non-hydrogen) atoms. The Balaban J connectivity index is 2.66. The maximum Gasteiger partial charge on any atom is -0.0292 e. The first-order valence-corrected chi connectivity index (χ1v) is 7.25. The van der Waals surface area contributed by atoms with Gasteiger partial charge in [-0.15, -0.1) is 0 Å². The van der Waals surface area contributed by atoms with Crippen LogP contribution in [0.3, 0.4) is 0 Å². The van der Waals surface area contributed by atoms with Crippen molar-refractivity contribution in [3.63, 3.8) is 0 Å². The van der Waals surface area contributed by atoms with Crippen molar-refractivity contribution in [1.29, 1.82) is 0 Å². The van der Waals surface area contributed by atoms with Gasteiger partial charge < -0.3 is 0 Å². The Bertz CT molecular complexity index is 188. The van der Waals surface area contributed by atoms with E-state index in [1.54, 1.807) is 0 Å². The summed E-state index contributed by atoms with van der Waals surface area (Å²) in [6.07, 6.45) is 8.70. The Labute approximate surface area is 103 Å². The Morgan fingerprint density at radius 3 is 1.44 bits per heavy atom. The molecule has 1 fully saturated rings. The second-order valence-electron chi connectivity index (χ2n) is 7.86. The van der Waals surface area contributed by atoms with E-state index in [-0.39, 0.29) is 0 Å². The number of hydrogen-bond donors (Lipinski definition) is 0. The quantitative estimate of drug-likeness (QED) is 0.577. The molecule has 0 unspecified atom stereocenters. The molecule has 1 aliphatic carbocycles. The Hall–Kier alpha value is 0. The third-order valence-electron chi connectivity index (χ3n) is 4.35. The Kier molecular flexibility index (Phi) is 4.49. The van der Waals surface area contributed by atoms with Gasteiger partial charge in [0.2, 0.25) is 0 Å². The molecular formula is C16H32. The van der Waals surface area contributed by atoms with E-state index in [4.69, 9.17) is 0 Å². The summed E-state index contributed by atoms with van der Waals surface area (Å²) in [5, 5.41) is 0. The van der Waals surface area contributed by atoms with Crippen LogP contribution in [0, 0.1) is 22.7 Å². The molecular weight excluding hydrogens is 192 g/mol. The summed E-state index contributed by atoms with van der Waals surface area (Å²) in [4.78, 5) is 0. The summed E-state index contributed by atoms with van der Waals surface area (Å²) < 4.78 is 0. The van der Waals surface area contributed by atoms with Crippen molar-refractivity contribution >= 4 is 0 Å². The summed E-state index contributed by atoms with van der Waals surface area (Å²) >= 11 is 0. The zero-order chi connectivity index (χ0) is 12.4. The maximum atomic E-state index is 2.45. The number of hydrogen-bond acceptors (Lipinski definition) is 0. The van der Waals surface area contributed by atoms with Gasteiger partial charge in [-0.25, -0.2) is 0 Å². The highest BCUT2D eigenvalue weighted by Crippen LogP contribution is 2.51. The molecule has 0 aliphatic heterocycles. The molecule has 0 N–H and O–H groups in total. The van der Waals surface area contributed by atoms with Crippen LogP contribution in [-0.2, 0) is 0 Å². The van der Waals surface area contributed by atoms with Crippen molar-refractivity contribution in [2.75, 3.05) is 0 Å². The molecule has 0 aromatic rings. The lowest BCUT2D eigenvalue weighted by molar-refractivity contribution is 0.0600. The summed E-state index contributed by atoms with van der Waals surface area (Å²) in [6.45, 7) is 14.5. The molecule has 1 rings (SSSR count). The zero-order valence-corrected chi connectivity index (χ0v) is 12.4. The van der Waals surface area contributed by atoms with E-state index in [1.807, 2.05) is 0 Å². The predicted octanol–water partition coefficient (Wildman–Crippen LogP) is 5.67. The van der Waals surface area contributed by atoms with E-state index in [2.05, 4.69) is 41.5 Å². The van der Waals surface area contributed by atoms with Crippen molar-refractivity contribution in [2.45, 2.75) is 80.1 Å². The molecule has 96 valence electrons. The van der Waals surface area contributed by atoms with Gasteiger partial charge in [0.05, 0.1) is 0 Å². The minimum Gasteiger partial charge on any atom is -0.0628 e. The van der Waals surface area contributed by atoms with Crippen LogP contribution in [0.25, 0.3) is 0 Å². The van der Waals surface area contributed by atoms with E-state index in [0.717, 1.165) is 11.8 Å². The van der Waals surface area contributed by atoms with Crippen LogP contribution in [0.1, 0.15) is 80.1 Å². The lowest BCUT2D eigenvalue weighted by Gasteiger charge is -2.45. The van der Waals surface area contributed by atoms with Gasteiger partial charge in [-0.05, 0) is 61.2 Å². The van der Waals surface area contributed by atoms with Gasteiger partial charge in [0.1, 0.15) is 0 Å². The largest absolute Gasteiger partial charge is 0.0628 e. The first-order chi connectivity index (χ1) is 7.25. The lowest BCUT2D eigenvalue weighted by Crippen LogP contribution is -2.33. The molecule has 0 heterocycles. The molecule has 0 heteroatoms. The van der Waals surface area contributed by atoms with E-state index in [0.29, 0.717) is 10.8 Å². The topological polar surface area (TPSA) is 0 Å². The first kappa shape index (κ1) is 14.1. The summed E-state index contributed by atoms with van der Waals surface area (Å²) in [7, 11) is 0. The van der Waals surface area contributed by atoms with Crippen molar-refractivity contribution in [3.05, 3.63) is 0 Å². The standard InChI is InChI=1S/C16H32/c1-13(2)11-16(12-14(3)4)9-7-15(5,6)8-10-16/h13-14H,7-12H2,1-6H3. The van der Waals surface area contributed by atoms with Crippen molar-refractivity contribution in [3.8, 4) is 0 Å². The predicted molar refractivity (Wildman–Crippen MR) is 73.6 cm³/mol. The molecule has 0 spiro atoms. The SMILES string of the molecule is CC(C)CC1(CC(C)C)CCC(C)(C)CC1. The van der Waals surface area contributed by atoms with Crippen molar-refractivity contribution in [1.82, 2.24) is 0 Å². The monoisotopic (exact) mass is 224 g/mol. The summed E-state index contributed by atoms with van der Waals surface area (Å²) in [6, 6.07) is 0. The van der Waals surface area contributed by atoms with Gasteiger partial charge >= 0.3 is 0 Å². The van der Waals surface area contributed by atoms with E-state index in [1.165, 1.54) is 38.5 Å². The van der Waals surface area contributed by atoms with Gasteiger partial charge in [-0.3, -0.25) is 0 Å². The fourth-order valence-corrected chi connectivity index (χ4v) is 3.68. The first-order valence-electron chi connectivity index (χ1n) is 7.25. The van der Waals surface area contributed by atoms with Crippen LogP contribution in [0.5, 0.6) is 0 Å². The highest BCUT2D eigenvalue weighted by Gasteiger charge is 2.38. The fourth-order valence-electron chi connectivity index (χ4n) is 3.68. The van der Waals surface area contributed by atoms with Crippen molar-refractivity contribution < 1.29 is 0 Å². The average molecular weight is 224 g/mol. The molecule has 0 bridgehead atoms. The summed E-state index contributed by atoms with van der Waals surface area (Å²) in [5.41, 5.74) is 1.29. The summed E-state index contributed by atoms with van der Waals surface area (Å²) in [5.74, 6) is 1.72. The smallest absolute Gasteiger partial charge is 0.0292 e. The van der Waals surface area contributed by atoms with E-state index < -0.39 is 0 Å². The van der Waals surface area contributed by atoms with Gasteiger partial charge in [-0.1, -0.05) is 41.5 Å². The molecule has 1 saturated carbocycles. The van der Waals surface area contributed by atoms with Gasteiger partial charge in [0, 0.05) is 0 Å². The minimum absolute atomic E-state index is 0.609. The van der Waals surface area contributed by atoms with E-state index >= 15 is 0 Å². The molecule has 0 saturated heterocycles. The van der Waals surface area contributed by atoms with Crippen LogP contribution < -0.4 is 0 Å². The van der Waals surface area contributed by atoms with Gasteiger partial charge in [-0.2, -0.15) is 0 Å². The van der Waals surface area contributed by atoms with Gasteiger partial charge in [0.15, 0.2) is 0 Å². The normalized spacial score (nSPS) is 24.0. The third kappa shape index (κ3) is 4.11. The van der Waals surface area contributed by atoms with Crippen LogP contribution in [0.2, 0.25) is 0 Å². The Morgan fingerprint density at radius 1 is 0.750 bits per heavy atom. The number of rotatable bonds is 4.